The van der Waals surface area contributed by atoms with Crippen molar-refractivity contribution in [2.75, 3.05) is 0 Å². The van der Waals surface area contributed by atoms with Crippen LogP contribution in [0.3, 0.4) is 0 Å². The van der Waals surface area contributed by atoms with E-state index in [0.29, 0.717) is 0 Å². The van der Waals surface area contributed by atoms with Gasteiger partial charge in [0, 0.05) is 10.7 Å². The molecule has 0 bridgehead atoms. The zero-order valence-electron chi connectivity index (χ0n) is 8.91. The monoisotopic (exact) mass is 227 g/mol. The second kappa shape index (κ2) is 3.62. The van der Waals surface area contributed by atoms with Crippen molar-refractivity contribution in [1.82, 2.24) is 9.55 Å². The van der Waals surface area contributed by atoms with Crippen molar-refractivity contribution in [3.05, 3.63) is 47.3 Å². The van der Waals surface area contributed by atoms with Crippen LogP contribution in [-0.4, -0.2) is 15.5 Å². The summed E-state index contributed by atoms with van der Waals surface area (Å²) in [6.45, 7) is 0. The van der Waals surface area contributed by atoms with Gasteiger partial charge in [0.1, 0.15) is 0 Å². The summed E-state index contributed by atoms with van der Waals surface area (Å²) in [5.41, 5.74) is 3.08. The molecule has 5 nitrogen and oxygen atoms in total. The number of carbonyl (C=O) groups is 1. The average molecular weight is 227 g/mol. The topological polar surface area (TPSA) is 64.3 Å². The summed E-state index contributed by atoms with van der Waals surface area (Å²) in [6.07, 6.45) is 3.53. The lowest BCUT2D eigenvalue weighted by atomic mass is 10.0. The number of hydrogen-bond donors (Lipinski definition) is 0. The molecule has 0 fully saturated rings. The Hall–Kier alpha value is -2.30. The van der Waals surface area contributed by atoms with Gasteiger partial charge in [-0.25, -0.2) is 4.98 Å². The highest BCUT2D eigenvalue weighted by molar-refractivity contribution is 5.79. The molecule has 3 rings (SSSR count). The highest BCUT2D eigenvalue weighted by atomic mass is 16.3. The molecule has 1 amide bonds. The van der Waals surface area contributed by atoms with Gasteiger partial charge in [0.05, 0.1) is 30.7 Å². The van der Waals surface area contributed by atoms with Crippen LogP contribution in [-0.2, 0) is 4.79 Å². The first-order valence-corrected chi connectivity index (χ1v) is 5.28. The maximum Gasteiger partial charge on any atom is 0.288 e. The van der Waals surface area contributed by atoms with E-state index >= 15 is 0 Å². The first kappa shape index (κ1) is 9.89. The largest absolute Gasteiger partial charge is 0.322 e. The lowest BCUT2D eigenvalue weighted by Crippen LogP contribution is -2.09. The molecule has 2 heterocycles. The smallest absolute Gasteiger partial charge is 0.288 e. The van der Waals surface area contributed by atoms with Gasteiger partial charge in [-0.15, -0.1) is 4.91 Å². The zero-order valence-corrected chi connectivity index (χ0v) is 8.91. The molecule has 1 aliphatic rings. The lowest BCUT2D eigenvalue weighted by molar-refractivity contribution is -0.118. The van der Waals surface area contributed by atoms with Crippen LogP contribution in [0.4, 0.5) is 0 Å². The summed E-state index contributed by atoms with van der Waals surface area (Å²) in [6, 6.07) is 7.66. The standard InChI is InChI=1S/C12H9N3O2/c16-12(14-17)5-10-8-3-1-2-4-9(8)11-6-13-7-15(10)11/h1-4,6-7,10H,5H2. The molecule has 5 heteroatoms. The van der Waals surface area contributed by atoms with Gasteiger partial charge in [0.15, 0.2) is 0 Å². The maximum atomic E-state index is 11.2. The fourth-order valence-corrected chi connectivity index (χ4v) is 2.34. The number of benzene rings is 1. The number of imidazole rings is 1. The van der Waals surface area contributed by atoms with E-state index in [4.69, 9.17) is 0 Å². The number of hydrogen-bond acceptors (Lipinski definition) is 3. The third kappa shape index (κ3) is 1.39. The lowest BCUT2D eigenvalue weighted by Gasteiger charge is -2.11. The Morgan fingerprint density at radius 3 is 3.06 bits per heavy atom. The molecule has 17 heavy (non-hydrogen) atoms. The number of rotatable bonds is 2. The summed E-state index contributed by atoms with van der Waals surface area (Å²) < 4.78 is 1.91. The molecule has 1 aromatic heterocycles. The predicted molar refractivity (Wildman–Crippen MR) is 61.2 cm³/mol. The number of aromatic nitrogens is 2. The van der Waals surface area contributed by atoms with E-state index in [9.17, 15) is 9.70 Å². The number of carbonyl (C=O) groups excluding carboxylic acids is 1. The first-order valence-electron chi connectivity index (χ1n) is 5.28. The van der Waals surface area contributed by atoms with Crippen molar-refractivity contribution in [1.29, 1.82) is 0 Å². The Morgan fingerprint density at radius 2 is 2.24 bits per heavy atom. The van der Waals surface area contributed by atoms with Gasteiger partial charge in [0.25, 0.3) is 5.91 Å². The summed E-state index contributed by atoms with van der Waals surface area (Å²) in [7, 11) is 0. The SMILES string of the molecule is O=NC(=O)CC1c2ccccc2-c2cncn21. The number of nitrogens with zero attached hydrogens (tertiary/aromatic N) is 3. The highest BCUT2D eigenvalue weighted by Gasteiger charge is 2.29. The van der Waals surface area contributed by atoms with Gasteiger partial charge in [0.2, 0.25) is 0 Å². The summed E-state index contributed by atoms with van der Waals surface area (Å²) in [4.78, 5) is 25.5. The van der Waals surface area contributed by atoms with Crippen molar-refractivity contribution in [3.63, 3.8) is 0 Å². The van der Waals surface area contributed by atoms with Gasteiger partial charge in [-0.1, -0.05) is 24.3 Å². The molecule has 1 atom stereocenters. The second-order valence-electron chi connectivity index (χ2n) is 3.98. The van der Waals surface area contributed by atoms with E-state index in [1.807, 2.05) is 28.8 Å². The quantitative estimate of drug-likeness (QED) is 0.738. The minimum atomic E-state index is -0.633. The highest BCUT2D eigenvalue weighted by Crippen LogP contribution is 2.40. The Morgan fingerprint density at radius 1 is 1.41 bits per heavy atom. The van der Waals surface area contributed by atoms with Crippen LogP contribution in [0, 0.1) is 4.91 Å². The molecular formula is C12H9N3O2. The number of amides is 1. The van der Waals surface area contributed by atoms with Crippen molar-refractivity contribution in [2.24, 2.45) is 5.18 Å². The van der Waals surface area contributed by atoms with E-state index in [2.05, 4.69) is 10.2 Å². The van der Waals surface area contributed by atoms with Crippen LogP contribution in [0.2, 0.25) is 0 Å². The van der Waals surface area contributed by atoms with E-state index in [1.54, 1.807) is 12.5 Å². The minimum absolute atomic E-state index is 0.0872. The summed E-state index contributed by atoms with van der Waals surface area (Å²) in [5, 5.41) is 2.46. The second-order valence-corrected chi connectivity index (χ2v) is 3.98. The Balaban J connectivity index is 2.11. The van der Waals surface area contributed by atoms with Crippen LogP contribution in [0.1, 0.15) is 18.0 Å². The van der Waals surface area contributed by atoms with E-state index < -0.39 is 5.91 Å². The van der Waals surface area contributed by atoms with Crippen molar-refractivity contribution >= 4 is 5.91 Å². The van der Waals surface area contributed by atoms with Gasteiger partial charge in [-0.2, -0.15) is 0 Å². The summed E-state index contributed by atoms with van der Waals surface area (Å²) in [5.74, 6) is -0.633. The molecule has 0 N–H and O–H groups in total. The molecule has 0 aliphatic carbocycles. The molecule has 0 spiro atoms. The number of nitroso groups, excluding NO2 is 1. The van der Waals surface area contributed by atoms with Gasteiger partial charge < -0.3 is 4.57 Å². The van der Waals surface area contributed by atoms with Crippen LogP contribution in [0.25, 0.3) is 11.3 Å². The van der Waals surface area contributed by atoms with Crippen molar-refractivity contribution in [2.45, 2.75) is 12.5 Å². The average Bonchev–Trinajstić information content (AvgIpc) is 2.93. The molecule has 0 saturated heterocycles. The Bertz CT molecular complexity index is 603. The van der Waals surface area contributed by atoms with Gasteiger partial charge in [-0.05, 0) is 5.56 Å². The normalized spacial score (nSPS) is 16.4. The van der Waals surface area contributed by atoms with E-state index in [0.717, 1.165) is 16.8 Å². The molecule has 84 valence electrons. The number of fused-ring (bicyclic) bond motifs is 3. The Labute approximate surface area is 97.1 Å². The molecule has 1 unspecified atom stereocenters. The van der Waals surface area contributed by atoms with Crippen LogP contribution in [0.5, 0.6) is 0 Å². The third-order valence-electron chi connectivity index (χ3n) is 3.07. The fraction of sp³-hybridized carbons (Fsp3) is 0.167. The van der Waals surface area contributed by atoms with Crippen molar-refractivity contribution in [3.8, 4) is 11.3 Å². The van der Waals surface area contributed by atoms with Gasteiger partial charge in [-0.3, -0.25) is 4.79 Å². The molecule has 0 saturated carbocycles. The molecule has 2 aromatic rings. The van der Waals surface area contributed by atoms with Crippen LogP contribution >= 0.6 is 0 Å². The summed E-state index contributed by atoms with van der Waals surface area (Å²) >= 11 is 0. The van der Waals surface area contributed by atoms with Crippen LogP contribution in [0.15, 0.2) is 42.0 Å². The minimum Gasteiger partial charge on any atom is -0.322 e. The zero-order chi connectivity index (χ0) is 11.8. The van der Waals surface area contributed by atoms with Gasteiger partial charge >= 0.3 is 0 Å². The molecular weight excluding hydrogens is 218 g/mol. The first-order chi connectivity index (χ1) is 8.31. The fourth-order valence-electron chi connectivity index (χ4n) is 2.34. The molecule has 1 aromatic carbocycles. The van der Waals surface area contributed by atoms with E-state index in [-0.39, 0.29) is 12.5 Å². The molecule has 0 radical (unpaired) electrons. The predicted octanol–water partition coefficient (Wildman–Crippen LogP) is 2.14. The third-order valence-corrected chi connectivity index (χ3v) is 3.07. The van der Waals surface area contributed by atoms with Crippen LogP contribution < -0.4 is 0 Å². The van der Waals surface area contributed by atoms with E-state index in [1.165, 1.54) is 0 Å². The van der Waals surface area contributed by atoms with Crippen molar-refractivity contribution < 1.29 is 4.79 Å². The molecule has 1 aliphatic heterocycles. The maximum absolute atomic E-state index is 11.2. The Kier molecular flexibility index (Phi) is 2.11.